The van der Waals surface area contributed by atoms with E-state index in [4.69, 9.17) is 15.2 Å². The number of hydrogen-bond donors (Lipinski definition) is 2. The topological polar surface area (TPSA) is 116 Å². The zero-order valence-corrected chi connectivity index (χ0v) is 22.5. The van der Waals surface area contributed by atoms with Gasteiger partial charge in [-0.3, -0.25) is 9.59 Å². The summed E-state index contributed by atoms with van der Waals surface area (Å²) in [5.74, 6) is -1.92. The lowest BCUT2D eigenvalue weighted by Crippen LogP contribution is -2.76. The number of alkyl halides is 1. The van der Waals surface area contributed by atoms with Crippen LogP contribution in [-0.4, -0.2) is 59.8 Å². The van der Waals surface area contributed by atoms with Crippen LogP contribution in [0.4, 0.5) is 4.39 Å². The number of esters is 1. The molecule has 6 rings (SSSR count). The number of carbonyl (C=O) groups is 3. The van der Waals surface area contributed by atoms with Crippen LogP contribution >= 0.6 is 11.3 Å². The fourth-order valence-electron chi connectivity index (χ4n) is 8.83. The Morgan fingerprint density at radius 1 is 1.32 bits per heavy atom. The molecule has 2 heterocycles. The molecule has 1 saturated heterocycles. The van der Waals surface area contributed by atoms with Gasteiger partial charge in [0.25, 0.3) is 0 Å². The second-order valence-electron chi connectivity index (χ2n) is 12.0. The van der Waals surface area contributed by atoms with E-state index >= 15 is 4.39 Å². The van der Waals surface area contributed by atoms with Crippen LogP contribution in [0.3, 0.4) is 0 Å². The Morgan fingerprint density at radius 2 is 2.11 bits per heavy atom. The normalized spacial score (nSPS) is 42.8. The highest BCUT2D eigenvalue weighted by atomic mass is 32.1. The van der Waals surface area contributed by atoms with Crippen molar-refractivity contribution in [2.24, 2.45) is 34.3 Å². The number of thiophene rings is 1. The second kappa shape index (κ2) is 8.65. The molecular weight excluding hydrogens is 509 g/mol. The van der Waals surface area contributed by atoms with Crippen LogP contribution in [-0.2, 0) is 25.5 Å². The number of aliphatic hydroxyl groups is 1. The van der Waals surface area contributed by atoms with E-state index in [2.05, 4.69) is 0 Å². The van der Waals surface area contributed by atoms with E-state index in [-0.39, 0.29) is 36.4 Å². The van der Waals surface area contributed by atoms with Crippen molar-refractivity contribution in [2.75, 3.05) is 19.8 Å². The van der Waals surface area contributed by atoms with Crippen LogP contribution in [0, 0.1) is 28.6 Å². The molecule has 4 aliphatic carbocycles. The molecule has 5 aliphatic rings. The highest BCUT2D eigenvalue weighted by Crippen LogP contribution is 2.74. The minimum absolute atomic E-state index is 0.0878. The Balaban J connectivity index is 1.27. The average molecular weight is 544 g/mol. The Labute approximate surface area is 225 Å². The van der Waals surface area contributed by atoms with Crippen molar-refractivity contribution in [3.8, 4) is 0 Å². The molecule has 1 aromatic heterocycles. The SMILES string of the molecule is C[C@@H]1C[C@H]2[C@@H]3CCC4=CC(=O)C=C[C@]4(C)[C@@]3(F)[C@@H](O)C[C@@]23CO[C@]13C(=O)COC(=O)c1cscc1CCN. The lowest BCUT2D eigenvalue weighted by Gasteiger charge is -2.67. The number of halogens is 1. The van der Waals surface area contributed by atoms with Gasteiger partial charge in [-0.1, -0.05) is 18.6 Å². The zero-order chi connectivity index (χ0) is 27.1. The number of rotatable bonds is 6. The summed E-state index contributed by atoms with van der Waals surface area (Å²) in [6.07, 6.45) is 5.52. The minimum Gasteiger partial charge on any atom is -0.454 e. The largest absolute Gasteiger partial charge is 0.454 e. The number of nitrogens with two attached hydrogens (primary N) is 1. The highest BCUT2D eigenvalue weighted by Gasteiger charge is 2.81. The van der Waals surface area contributed by atoms with Gasteiger partial charge in [0.1, 0.15) is 5.60 Å². The Hall–Kier alpha value is -2.20. The molecule has 38 heavy (non-hydrogen) atoms. The molecule has 0 aromatic carbocycles. The Morgan fingerprint density at radius 3 is 2.82 bits per heavy atom. The predicted molar refractivity (Wildman–Crippen MR) is 138 cm³/mol. The van der Waals surface area contributed by atoms with Crippen molar-refractivity contribution >= 4 is 28.9 Å². The first-order valence-corrected chi connectivity index (χ1v) is 14.4. The molecule has 7 nitrogen and oxygen atoms in total. The smallest absolute Gasteiger partial charge is 0.339 e. The van der Waals surface area contributed by atoms with Crippen LogP contribution in [0.5, 0.6) is 0 Å². The summed E-state index contributed by atoms with van der Waals surface area (Å²) in [5, 5.41) is 15.1. The van der Waals surface area contributed by atoms with Gasteiger partial charge in [-0.05, 0) is 80.5 Å². The van der Waals surface area contributed by atoms with Crippen molar-refractivity contribution in [3.05, 3.63) is 45.7 Å². The Kier molecular flexibility index (Phi) is 5.93. The van der Waals surface area contributed by atoms with Gasteiger partial charge in [0, 0.05) is 22.1 Å². The van der Waals surface area contributed by atoms with Gasteiger partial charge in [0.05, 0.1) is 18.3 Å². The van der Waals surface area contributed by atoms with E-state index in [1.807, 2.05) is 12.3 Å². The number of fused-ring (bicyclic) bond motifs is 4. The highest BCUT2D eigenvalue weighted by molar-refractivity contribution is 7.08. The van der Waals surface area contributed by atoms with Gasteiger partial charge >= 0.3 is 5.97 Å². The number of ether oxygens (including phenoxy) is 2. The van der Waals surface area contributed by atoms with E-state index in [9.17, 15) is 19.5 Å². The third-order valence-electron chi connectivity index (χ3n) is 10.6. The van der Waals surface area contributed by atoms with Gasteiger partial charge < -0.3 is 20.3 Å². The van der Waals surface area contributed by atoms with E-state index in [1.54, 1.807) is 18.4 Å². The van der Waals surface area contributed by atoms with E-state index in [0.29, 0.717) is 37.8 Å². The van der Waals surface area contributed by atoms with Gasteiger partial charge in [-0.2, -0.15) is 11.3 Å². The van der Waals surface area contributed by atoms with Crippen molar-refractivity contribution in [2.45, 2.75) is 63.3 Å². The summed E-state index contributed by atoms with van der Waals surface area (Å²) >= 11 is 1.38. The lowest BCUT2D eigenvalue weighted by molar-refractivity contribution is -0.309. The molecular formula is C29H34FNO6S. The number of ketones is 2. The molecule has 1 aliphatic heterocycles. The summed E-state index contributed by atoms with van der Waals surface area (Å²) in [6, 6.07) is 0. The fourth-order valence-corrected chi connectivity index (χ4v) is 9.69. The van der Waals surface area contributed by atoms with Gasteiger partial charge in [-0.25, -0.2) is 9.18 Å². The van der Waals surface area contributed by atoms with Crippen molar-refractivity contribution in [1.29, 1.82) is 0 Å². The summed E-state index contributed by atoms with van der Waals surface area (Å²) in [7, 11) is 0. The first kappa shape index (κ1) is 26.0. The lowest BCUT2D eigenvalue weighted by atomic mass is 9.43. The number of allylic oxidation sites excluding steroid dienone is 4. The maximum absolute atomic E-state index is 17.3. The molecule has 3 N–H and O–H groups in total. The van der Waals surface area contributed by atoms with Crippen LogP contribution in [0.2, 0.25) is 0 Å². The molecule has 1 aromatic rings. The zero-order valence-electron chi connectivity index (χ0n) is 21.7. The number of carbonyl (C=O) groups excluding carboxylic acids is 3. The van der Waals surface area contributed by atoms with Gasteiger partial charge in [0.2, 0.25) is 5.78 Å². The second-order valence-corrected chi connectivity index (χ2v) is 12.8. The molecule has 1 spiro atoms. The van der Waals surface area contributed by atoms with Crippen molar-refractivity contribution in [3.63, 3.8) is 0 Å². The first-order valence-electron chi connectivity index (χ1n) is 13.5. The molecule has 3 saturated carbocycles. The third kappa shape index (κ3) is 3.07. The summed E-state index contributed by atoms with van der Waals surface area (Å²) in [6.45, 7) is 3.96. The van der Waals surface area contributed by atoms with Crippen LogP contribution in [0.15, 0.2) is 34.6 Å². The molecule has 0 unspecified atom stereocenters. The van der Waals surface area contributed by atoms with Gasteiger partial charge in [0.15, 0.2) is 18.1 Å². The van der Waals surface area contributed by atoms with E-state index < -0.39 is 46.7 Å². The van der Waals surface area contributed by atoms with Crippen molar-refractivity contribution in [1.82, 2.24) is 0 Å². The number of hydrogen-bond acceptors (Lipinski definition) is 8. The summed E-state index contributed by atoms with van der Waals surface area (Å²) in [4.78, 5) is 38.6. The molecule has 0 radical (unpaired) electrons. The van der Waals surface area contributed by atoms with Crippen LogP contribution < -0.4 is 5.73 Å². The number of aliphatic hydroxyl groups excluding tert-OH is 1. The Bertz CT molecular complexity index is 1270. The van der Waals surface area contributed by atoms with Crippen molar-refractivity contribution < 1.29 is 33.4 Å². The maximum atomic E-state index is 17.3. The maximum Gasteiger partial charge on any atom is 0.339 e. The molecule has 8 atom stereocenters. The van der Waals surface area contributed by atoms with E-state index in [0.717, 1.165) is 11.1 Å². The summed E-state index contributed by atoms with van der Waals surface area (Å²) in [5.41, 5.74) is 2.62. The van der Waals surface area contributed by atoms with E-state index in [1.165, 1.54) is 23.5 Å². The molecule has 204 valence electrons. The minimum atomic E-state index is -1.95. The monoisotopic (exact) mass is 543 g/mol. The van der Waals surface area contributed by atoms with Gasteiger partial charge in [-0.15, -0.1) is 0 Å². The quantitative estimate of drug-likeness (QED) is 0.529. The van der Waals surface area contributed by atoms with Crippen LogP contribution in [0.25, 0.3) is 0 Å². The summed E-state index contributed by atoms with van der Waals surface area (Å²) < 4.78 is 28.9. The standard InChI is InChI=1S/C29H34FNO6S/c1-16-9-22-21-4-3-18-10-19(32)5-7-26(18,2)28(21,30)23(33)11-27(22)15-37-29(16,27)24(34)12-36-25(35)20-14-38-13-17(20)6-8-31/h5,7,10,13-14,16,21-23,33H,3-4,6,8-9,11-12,15,31H2,1-2H3/t16-,21+,22+,23+,26+,27-,28+,29+/m1/s1. The molecule has 4 fully saturated rings. The molecule has 9 heteroatoms. The predicted octanol–water partition coefficient (Wildman–Crippen LogP) is 3.34. The number of Topliss-reactive ketones (excluding diaryl/α,β-unsaturated/α-hetero) is 1. The third-order valence-corrected chi connectivity index (χ3v) is 11.4. The molecule has 0 bridgehead atoms. The fraction of sp³-hybridized carbons (Fsp3) is 0.621. The average Bonchev–Trinajstić information content (AvgIpc) is 3.39. The molecule has 0 amide bonds. The first-order chi connectivity index (χ1) is 18.0. The van der Waals surface area contributed by atoms with Crippen LogP contribution in [0.1, 0.15) is 55.5 Å².